The van der Waals surface area contributed by atoms with Gasteiger partial charge in [0.05, 0.1) is 38.4 Å². The van der Waals surface area contributed by atoms with Crippen molar-refractivity contribution >= 4 is 23.5 Å². The van der Waals surface area contributed by atoms with E-state index < -0.39 is 17.7 Å². The van der Waals surface area contributed by atoms with Gasteiger partial charge in [0.25, 0.3) is 0 Å². The Morgan fingerprint density at radius 3 is 2.51 bits per heavy atom. The topological polar surface area (TPSA) is 67.7 Å². The van der Waals surface area contributed by atoms with Crippen molar-refractivity contribution in [3.05, 3.63) is 51.6 Å². The van der Waals surface area contributed by atoms with Gasteiger partial charge in [-0.05, 0) is 44.2 Å². The van der Waals surface area contributed by atoms with Gasteiger partial charge in [-0.3, -0.25) is 19.2 Å². The third-order valence-corrected chi connectivity index (χ3v) is 8.07. The second-order valence-corrected chi connectivity index (χ2v) is 10.4. The van der Waals surface area contributed by atoms with Crippen LogP contribution in [-0.2, 0) is 40.0 Å². The van der Waals surface area contributed by atoms with E-state index >= 15 is 0 Å². The summed E-state index contributed by atoms with van der Waals surface area (Å²) in [5.41, 5.74) is -0.539. The van der Waals surface area contributed by atoms with E-state index in [1.54, 1.807) is 4.90 Å². The molecule has 2 bridgehead atoms. The number of fused-ring (bicyclic) bond motifs is 3. The van der Waals surface area contributed by atoms with Gasteiger partial charge in [-0.1, -0.05) is 17.7 Å². The number of carbonyl (C=O) groups is 2. The molecule has 0 saturated carbocycles. The highest BCUT2D eigenvalue weighted by Crippen LogP contribution is 2.39. The number of ether oxygens (including phenoxy) is 1. The average molecular weight is 543 g/mol. The van der Waals surface area contributed by atoms with Crippen LogP contribution in [0.2, 0.25) is 5.02 Å². The Labute approximate surface area is 216 Å². The standard InChI is InChI=1S/C25H27ClF4N4O3/c1-37-24(36)15-8-17-4-5-18(9-15)33(17)13-22(35)32-7-6-19-21(12-32)34(31-23(19)25(28,29)30)11-14-2-3-16(26)10-20(14)27/h2-3,10,15,17-18H,4-9,11-13H2,1H3. The average Bonchev–Trinajstić information content (AvgIpc) is 3.32. The van der Waals surface area contributed by atoms with E-state index in [4.69, 9.17) is 16.3 Å². The van der Waals surface area contributed by atoms with Crippen LogP contribution in [0, 0.1) is 11.7 Å². The van der Waals surface area contributed by atoms with Gasteiger partial charge in [-0.2, -0.15) is 18.3 Å². The molecule has 2 fully saturated rings. The summed E-state index contributed by atoms with van der Waals surface area (Å²) in [6, 6.07) is 4.18. The van der Waals surface area contributed by atoms with Crippen molar-refractivity contribution in [3.63, 3.8) is 0 Å². The minimum Gasteiger partial charge on any atom is -0.469 e. The van der Waals surface area contributed by atoms with E-state index in [1.165, 1.54) is 19.2 Å². The van der Waals surface area contributed by atoms with Crippen LogP contribution in [0.3, 0.4) is 0 Å². The first-order valence-corrected chi connectivity index (χ1v) is 12.6. The summed E-state index contributed by atoms with van der Waals surface area (Å²) >= 11 is 5.81. The molecule has 3 aliphatic heterocycles. The summed E-state index contributed by atoms with van der Waals surface area (Å²) in [4.78, 5) is 29.0. The number of hydrogen-bond donors (Lipinski definition) is 0. The van der Waals surface area contributed by atoms with Gasteiger partial charge in [0.15, 0.2) is 5.69 Å². The highest BCUT2D eigenvalue weighted by molar-refractivity contribution is 6.30. The Bertz CT molecular complexity index is 1200. The second kappa shape index (κ2) is 9.90. The number of piperidine rings is 1. The predicted molar refractivity (Wildman–Crippen MR) is 125 cm³/mol. The van der Waals surface area contributed by atoms with E-state index in [2.05, 4.69) is 10.00 Å². The number of halogens is 5. The van der Waals surface area contributed by atoms with Crippen LogP contribution in [0.1, 0.15) is 48.2 Å². The maximum absolute atomic E-state index is 14.4. The van der Waals surface area contributed by atoms with Gasteiger partial charge in [-0.15, -0.1) is 0 Å². The summed E-state index contributed by atoms with van der Waals surface area (Å²) < 4.78 is 61.7. The number of nitrogens with zero attached hydrogens (tertiary/aromatic N) is 4. The second-order valence-electron chi connectivity index (χ2n) is 9.98. The van der Waals surface area contributed by atoms with E-state index in [0.717, 1.165) is 23.6 Å². The molecule has 3 aliphatic rings. The molecule has 0 N–H and O–H groups in total. The van der Waals surface area contributed by atoms with Crippen molar-refractivity contribution in [1.29, 1.82) is 0 Å². The molecule has 1 aromatic carbocycles. The van der Waals surface area contributed by atoms with E-state index in [9.17, 15) is 27.2 Å². The minimum absolute atomic E-state index is 0.0102. The first kappa shape index (κ1) is 26.0. The molecule has 7 nitrogen and oxygen atoms in total. The lowest BCUT2D eigenvalue weighted by Gasteiger charge is -2.39. The summed E-state index contributed by atoms with van der Waals surface area (Å²) in [5, 5.41) is 3.98. The molecule has 1 aromatic heterocycles. The zero-order valence-electron chi connectivity index (χ0n) is 20.2. The number of carbonyl (C=O) groups excluding carboxylic acids is 2. The Balaban J connectivity index is 1.34. The quantitative estimate of drug-likeness (QED) is 0.421. The molecule has 200 valence electrons. The summed E-state index contributed by atoms with van der Waals surface area (Å²) in [5.74, 6) is -1.22. The number of hydrogen-bond acceptors (Lipinski definition) is 5. The first-order valence-electron chi connectivity index (χ1n) is 12.3. The van der Waals surface area contributed by atoms with Gasteiger partial charge in [0, 0.05) is 34.8 Å². The SMILES string of the molecule is COC(=O)C1CC2CCC(C1)N2CC(=O)N1CCc2c(C(F)(F)F)nn(Cc3ccc(Cl)cc3F)c2C1. The first-order chi connectivity index (χ1) is 17.5. The Kier molecular flexibility index (Phi) is 6.95. The molecule has 1 amide bonds. The number of rotatable bonds is 5. The van der Waals surface area contributed by atoms with E-state index in [0.29, 0.717) is 12.8 Å². The van der Waals surface area contributed by atoms with Crippen LogP contribution in [0.4, 0.5) is 17.6 Å². The van der Waals surface area contributed by atoms with Gasteiger partial charge >= 0.3 is 12.1 Å². The lowest BCUT2D eigenvalue weighted by Crippen LogP contribution is -2.50. The largest absolute Gasteiger partial charge is 0.469 e. The third-order valence-electron chi connectivity index (χ3n) is 7.83. The fourth-order valence-corrected chi connectivity index (χ4v) is 6.17. The van der Waals surface area contributed by atoms with Crippen molar-refractivity contribution in [2.24, 2.45) is 5.92 Å². The molecule has 0 aliphatic carbocycles. The minimum atomic E-state index is -4.66. The Hall–Kier alpha value is -2.66. The van der Waals surface area contributed by atoms with Crippen molar-refractivity contribution in [2.75, 3.05) is 20.2 Å². The van der Waals surface area contributed by atoms with Gasteiger partial charge in [0.2, 0.25) is 5.91 Å². The van der Waals surface area contributed by atoms with Crippen LogP contribution >= 0.6 is 11.6 Å². The molecule has 2 unspecified atom stereocenters. The highest BCUT2D eigenvalue weighted by Gasteiger charge is 2.45. The number of benzene rings is 1. The molecular formula is C25H27ClF4N4O3. The molecule has 5 rings (SSSR count). The van der Waals surface area contributed by atoms with Gasteiger partial charge in [0.1, 0.15) is 5.82 Å². The molecule has 12 heteroatoms. The number of alkyl halides is 3. The molecule has 37 heavy (non-hydrogen) atoms. The maximum atomic E-state index is 14.4. The molecule has 2 aromatic rings. The number of esters is 1. The number of aromatic nitrogens is 2. The smallest absolute Gasteiger partial charge is 0.435 e. The zero-order valence-corrected chi connectivity index (χ0v) is 21.0. The lowest BCUT2D eigenvalue weighted by molar-refractivity contribution is -0.148. The number of amides is 1. The van der Waals surface area contributed by atoms with E-state index in [1.807, 2.05) is 0 Å². The van der Waals surface area contributed by atoms with E-state index in [-0.39, 0.29) is 84.3 Å². The maximum Gasteiger partial charge on any atom is 0.435 e. The van der Waals surface area contributed by atoms with Crippen LogP contribution in [0.15, 0.2) is 18.2 Å². The van der Waals surface area contributed by atoms with Crippen molar-refractivity contribution in [2.45, 2.75) is 63.5 Å². The fourth-order valence-electron chi connectivity index (χ4n) is 6.01. The molecule has 4 heterocycles. The Morgan fingerprint density at radius 1 is 1.19 bits per heavy atom. The molecule has 0 radical (unpaired) electrons. The van der Waals surface area contributed by atoms with Gasteiger partial charge < -0.3 is 9.64 Å². The zero-order chi connectivity index (χ0) is 26.5. The Morgan fingerprint density at radius 2 is 1.89 bits per heavy atom. The van der Waals surface area contributed by atoms with Crippen LogP contribution in [0.5, 0.6) is 0 Å². The summed E-state index contributed by atoms with van der Waals surface area (Å²) in [7, 11) is 1.38. The molecular weight excluding hydrogens is 516 g/mol. The van der Waals surface area contributed by atoms with Crippen molar-refractivity contribution in [3.8, 4) is 0 Å². The van der Waals surface area contributed by atoms with Crippen LogP contribution < -0.4 is 0 Å². The molecule has 0 spiro atoms. The van der Waals surface area contributed by atoms with Gasteiger partial charge in [-0.25, -0.2) is 4.39 Å². The normalized spacial score (nSPS) is 23.7. The third kappa shape index (κ3) is 5.07. The predicted octanol–water partition coefficient (Wildman–Crippen LogP) is 4.04. The molecule has 2 saturated heterocycles. The molecule has 2 atom stereocenters. The monoisotopic (exact) mass is 542 g/mol. The fraction of sp³-hybridized carbons (Fsp3) is 0.560. The van der Waals surface area contributed by atoms with Crippen LogP contribution in [0.25, 0.3) is 0 Å². The lowest BCUT2D eigenvalue weighted by atomic mass is 9.90. The summed E-state index contributed by atoms with van der Waals surface area (Å²) in [6.45, 7) is 0.0313. The summed E-state index contributed by atoms with van der Waals surface area (Å²) in [6.07, 6.45) is -1.60. The van der Waals surface area contributed by atoms with Crippen molar-refractivity contribution in [1.82, 2.24) is 19.6 Å². The van der Waals surface area contributed by atoms with Crippen LogP contribution in [-0.4, -0.2) is 63.7 Å². The van der Waals surface area contributed by atoms with Crippen molar-refractivity contribution < 1.29 is 31.9 Å². The highest BCUT2D eigenvalue weighted by atomic mass is 35.5. The number of methoxy groups -OCH3 is 1.